The normalized spacial score (nSPS) is 11.4. The van der Waals surface area contributed by atoms with Gasteiger partial charge in [-0.3, -0.25) is 4.79 Å². The van der Waals surface area contributed by atoms with Crippen LogP contribution in [0, 0.1) is 10.1 Å². The number of amides is 1. The highest BCUT2D eigenvalue weighted by molar-refractivity contribution is 6.07. The minimum Gasteiger partial charge on any atom is -0.772 e. The Morgan fingerprint density at radius 3 is 2.59 bits per heavy atom. The van der Waals surface area contributed by atoms with Gasteiger partial charge in [-0.05, 0) is 62.7 Å². The first-order chi connectivity index (χ1) is 18.1. The molecule has 2 N–H and O–H groups in total. The van der Waals surface area contributed by atoms with E-state index in [0.717, 1.165) is 53.1 Å². The second-order valence-electron chi connectivity index (χ2n) is 8.95. The third kappa shape index (κ3) is 5.41. The van der Waals surface area contributed by atoms with Crippen molar-refractivity contribution in [1.29, 1.82) is 0 Å². The summed E-state index contributed by atoms with van der Waals surface area (Å²) in [5.74, 6) is 0.102. The number of hydrogen-bond donors (Lipinski definition) is 2. The van der Waals surface area contributed by atoms with Crippen LogP contribution in [0.15, 0.2) is 72.8 Å². The van der Waals surface area contributed by atoms with Crippen molar-refractivity contribution in [2.45, 2.75) is 25.7 Å². The molecule has 0 radical (unpaired) electrons. The van der Waals surface area contributed by atoms with Crippen LogP contribution in [0.5, 0.6) is 0 Å². The molecule has 0 aliphatic heterocycles. The minimum absolute atomic E-state index is 0.127. The summed E-state index contributed by atoms with van der Waals surface area (Å²) < 4.78 is 0.744. The maximum atomic E-state index is 12.8. The number of rotatable bonds is 10. The molecule has 0 unspecified atom stereocenters. The zero-order valence-corrected chi connectivity index (χ0v) is 20.4. The summed E-state index contributed by atoms with van der Waals surface area (Å²) in [5, 5.41) is 24.3. The first kappa shape index (κ1) is 24.3. The van der Waals surface area contributed by atoms with E-state index in [-0.39, 0.29) is 17.2 Å². The van der Waals surface area contributed by atoms with Gasteiger partial charge < -0.3 is 15.8 Å². The number of benzene rings is 3. The molecule has 188 valence electrons. The number of aromatic nitrogens is 4. The zero-order valence-electron chi connectivity index (χ0n) is 20.4. The van der Waals surface area contributed by atoms with Crippen molar-refractivity contribution in [1.82, 2.24) is 25.6 Å². The number of nitrogens with zero attached hydrogens (tertiary/aromatic N) is 4. The molecule has 1 amide bonds. The highest BCUT2D eigenvalue weighted by atomic mass is 16.5. The van der Waals surface area contributed by atoms with E-state index in [1.54, 1.807) is 24.3 Å². The Labute approximate surface area is 213 Å². The monoisotopic (exact) mass is 496 g/mol. The summed E-state index contributed by atoms with van der Waals surface area (Å²) in [6.45, 7) is 2.09. The maximum Gasteiger partial charge on any atom is 0.367 e. The van der Waals surface area contributed by atoms with Crippen LogP contribution in [0.3, 0.4) is 0 Å². The molecule has 5 rings (SSSR count). The van der Waals surface area contributed by atoms with Gasteiger partial charge in [0.2, 0.25) is 5.52 Å². The van der Waals surface area contributed by atoms with E-state index in [9.17, 15) is 14.9 Å². The van der Waals surface area contributed by atoms with Crippen LogP contribution in [0.1, 0.15) is 35.4 Å². The summed E-state index contributed by atoms with van der Waals surface area (Å²) in [7, 11) is 0. The van der Waals surface area contributed by atoms with Crippen molar-refractivity contribution in [3.8, 4) is 0 Å². The second kappa shape index (κ2) is 11.1. The molecule has 0 fully saturated rings. The van der Waals surface area contributed by atoms with Crippen molar-refractivity contribution >= 4 is 38.7 Å². The number of carbonyl (C=O) groups is 1. The lowest BCUT2D eigenvalue weighted by Gasteiger charge is -2.09. The fourth-order valence-electron chi connectivity index (χ4n) is 4.44. The Bertz CT molecular complexity index is 1630. The van der Waals surface area contributed by atoms with Gasteiger partial charge in [0.25, 0.3) is 5.91 Å². The SMILES string of the molecule is O=C(NCCCNCCCCc1nn([O-])c2ccccc2[n+]1=O)c1cccc2cc3ccccc3nc12. The van der Waals surface area contributed by atoms with Gasteiger partial charge in [-0.2, -0.15) is 4.85 Å². The summed E-state index contributed by atoms with van der Waals surface area (Å²) >= 11 is 0. The van der Waals surface area contributed by atoms with Crippen LogP contribution in [0.25, 0.3) is 32.8 Å². The van der Waals surface area contributed by atoms with Crippen LogP contribution in [-0.4, -0.2) is 40.5 Å². The predicted octanol–water partition coefficient (Wildman–Crippen LogP) is 3.73. The average Bonchev–Trinajstić information content (AvgIpc) is 2.93. The molecule has 0 bridgehead atoms. The third-order valence-corrected chi connectivity index (χ3v) is 6.36. The maximum absolute atomic E-state index is 12.8. The number of para-hydroxylation sites is 4. The summed E-state index contributed by atoms with van der Waals surface area (Å²) in [4.78, 5) is 30.5. The highest BCUT2D eigenvalue weighted by Crippen LogP contribution is 2.22. The number of fused-ring (bicyclic) bond motifs is 3. The van der Waals surface area contributed by atoms with E-state index in [1.807, 2.05) is 42.5 Å². The highest BCUT2D eigenvalue weighted by Gasteiger charge is 2.16. The molecule has 0 saturated heterocycles. The van der Waals surface area contributed by atoms with Gasteiger partial charge in [0.1, 0.15) is 5.52 Å². The lowest BCUT2D eigenvalue weighted by atomic mass is 10.1. The number of pyridine rings is 1. The molecule has 2 heterocycles. The largest absolute Gasteiger partial charge is 0.772 e. The number of nitrogens with one attached hydrogen (secondary N) is 2. The fourth-order valence-corrected chi connectivity index (χ4v) is 4.44. The van der Waals surface area contributed by atoms with Crippen LogP contribution < -0.4 is 15.1 Å². The topological polar surface area (TPSA) is 118 Å². The first-order valence-corrected chi connectivity index (χ1v) is 12.5. The Morgan fingerprint density at radius 1 is 0.892 bits per heavy atom. The van der Waals surface area contributed by atoms with E-state index >= 15 is 0 Å². The average molecular weight is 497 g/mol. The second-order valence-corrected chi connectivity index (χ2v) is 8.95. The van der Waals surface area contributed by atoms with E-state index in [1.165, 1.54) is 0 Å². The molecule has 3 aromatic carbocycles. The Kier molecular flexibility index (Phi) is 7.32. The van der Waals surface area contributed by atoms with Gasteiger partial charge in [-0.15, -0.1) is 0 Å². The van der Waals surface area contributed by atoms with Crippen LogP contribution in [-0.2, 0) is 6.42 Å². The van der Waals surface area contributed by atoms with Gasteiger partial charge in [-0.25, -0.2) is 4.98 Å². The van der Waals surface area contributed by atoms with Crippen molar-refractivity contribution in [2.75, 3.05) is 19.6 Å². The third-order valence-electron chi connectivity index (χ3n) is 6.36. The molecule has 5 aromatic rings. The number of aryl methyl sites for hydroxylation is 1. The van der Waals surface area contributed by atoms with E-state index in [4.69, 9.17) is 4.98 Å². The van der Waals surface area contributed by atoms with Crippen molar-refractivity contribution in [3.05, 3.63) is 94.3 Å². The first-order valence-electron chi connectivity index (χ1n) is 12.5. The molecule has 0 atom stereocenters. The Balaban J connectivity index is 1.04. The molecule has 9 nitrogen and oxygen atoms in total. The molecule has 0 aliphatic carbocycles. The van der Waals surface area contributed by atoms with E-state index in [0.29, 0.717) is 34.4 Å². The number of hydrogen-bond acceptors (Lipinski definition) is 6. The van der Waals surface area contributed by atoms with Crippen LogP contribution >= 0.6 is 0 Å². The molecule has 2 aromatic heterocycles. The van der Waals surface area contributed by atoms with Gasteiger partial charge in [0.15, 0.2) is 0 Å². The predicted molar refractivity (Wildman–Crippen MR) is 144 cm³/mol. The summed E-state index contributed by atoms with van der Waals surface area (Å²) in [6.07, 6.45) is 2.80. The van der Waals surface area contributed by atoms with Crippen LogP contribution in [0.2, 0.25) is 0 Å². The molecule has 9 heteroatoms. The fraction of sp³-hybridized carbons (Fsp3) is 0.250. The molecular weight excluding hydrogens is 468 g/mol. The lowest BCUT2D eigenvalue weighted by Crippen LogP contribution is -2.28. The summed E-state index contributed by atoms with van der Waals surface area (Å²) in [6, 6.07) is 22.3. The van der Waals surface area contributed by atoms with Gasteiger partial charge in [0, 0.05) is 21.7 Å². The molecular formula is C28H28N6O3. The van der Waals surface area contributed by atoms with Crippen molar-refractivity contribution in [3.63, 3.8) is 0 Å². The Hall–Kier alpha value is -4.37. The van der Waals surface area contributed by atoms with Crippen molar-refractivity contribution < 1.29 is 9.22 Å². The van der Waals surface area contributed by atoms with Gasteiger partial charge >= 0.3 is 5.82 Å². The standard InChI is InChI=1S/C28H28N6O3/c35-28(22-11-7-10-21-19-20-9-1-2-12-23(20)31-27(21)22)30-18-8-17-29-16-6-5-15-26-32-34(37)25-14-4-3-13-24(25)33(26)36/h1-4,7,9-14,19,29H,5-6,8,15-18H2,(H,30,35). The number of unbranched alkanes of at least 4 members (excludes halogenated alkanes) is 1. The smallest absolute Gasteiger partial charge is 0.367 e. The minimum atomic E-state index is -0.127. The van der Waals surface area contributed by atoms with E-state index < -0.39 is 0 Å². The molecule has 0 spiro atoms. The molecule has 0 saturated carbocycles. The van der Waals surface area contributed by atoms with E-state index in [2.05, 4.69) is 21.8 Å². The molecule has 37 heavy (non-hydrogen) atoms. The number of carbonyl (C=O) groups excluding carboxylic acids is 1. The molecule has 0 aliphatic rings. The lowest BCUT2D eigenvalue weighted by molar-refractivity contribution is -0.480. The van der Waals surface area contributed by atoms with Gasteiger partial charge in [0.05, 0.1) is 28.1 Å². The van der Waals surface area contributed by atoms with Gasteiger partial charge in [-0.1, -0.05) is 47.4 Å². The van der Waals surface area contributed by atoms with Crippen LogP contribution in [0.4, 0.5) is 0 Å². The summed E-state index contributed by atoms with van der Waals surface area (Å²) in [5.41, 5.74) is 2.75. The van der Waals surface area contributed by atoms with Crippen molar-refractivity contribution in [2.24, 2.45) is 0 Å². The Morgan fingerprint density at radius 2 is 1.68 bits per heavy atom. The quantitative estimate of drug-likeness (QED) is 0.173. The zero-order chi connectivity index (χ0) is 25.6.